The third kappa shape index (κ3) is 3.70. The first kappa shape index (κ1) is 8.97. The van der Waals surface area contributed by atoms with Crippen LogP contribution in [0.4, 0.5) is 0 Å². The van der Waals surface area contributed by atoms with Gasteiger partial charge in [0.25, 0.3) is 0 Å². The van der Waals surface area contributed by atoms with Crippen LogP contribution in [0, 0.1) is 0 Å². The molecule has 3 heteroatoms. The van der Waals surface area contributed by atoms with Crippen molar-refractivity contribution in [1.82, 2.24) is 10.6 Å². The predicted molar refractivity (Wildman–Crippen MR) is 45.8 cm³/mol. The van der Waals surface area contributed by atoms with Crippen LogP contribution in [0.1, 0.15) is 13.3 Å². The number of hydrogen-bond acceptors (Lipinski definition) is 3. The van der Waals surface area contributed by atoms with Crippen molar-refractivity contribution in [1.29, 1.82) is 0 Å². The molecule has 0 spiro atoms. The Labute approximate surface area is 68.5 Å². The van der Waals surface area contributed by atoms with Gasteiger partial charge in [0.2, 0.25) is 0 Å². The average molecular weight is 158 g/mol. The molecule has 66 valence electrons. The summed E-state index contributed by atoms with van der Waals surface area (Å²) in [7, 11) is 0. The maximum atomic E-state index is 5.21. The van der Waals surface area contributed by atoms with Gasteiger partial charge >= 0.3 is 0 Å². The van der Waals surface area contributed by atoms with Crippen LogP contribution in [-0.2, 0) is 4.74 Å². The van der Waals surface area contributed by atoms with E-state index in [-0.39, 0.29) is 0 Å². The molecule has 0 aromatic heterocycles. The maximum absolute atomic E-state index is 5.21. The van der Waals surface area contributed by atoms with Gasteiger partial charge in [0, 0.05) is 32.3 Å². The molecule has 0 amide bonds. The zero-order valence-corrected chi connectivity index (χ0v) is 7.23. The average Bonchev–Trinajstić information content (AvgIpc) is 1.93. The van der Waals surface area contributed by atoms with Crippen LogP contribution < -0.4 is 10.6 Å². The highest BCUT2D eigenvalue weighted by Gasteiger charge is 2.14. The van der Waals surface area contributed by atoms with Crippen LogP contribution in [0.5, 0.6) is 0 Å². The summed E-state index contributed by atoms with van der Waals surface area (Å²) in [5.74, 6) is 0. The number of hydrogen-bond donors (Lipinski definition) is 2. The van der Waals surface area contributed by atoms with Crippen LogP contribution in [0.2, 0.25) is 0 Å². The summed E-state index contributed by atoms with van der Waals surface area (Å²) in [5, 5.41) is 6.66. The molecule has 2 N–H and O–H groups in total. The first-order chi connectivity index (χ1) is 5.43. The fourth-order valence-corrected chi connectivity index (χ4v) is 1.06. The third-order valence-corrected chi connectivity index (χ3v) is 1.88. The molecule has 1 heterocycles. The Morgan fingerprint density at radius 2 is 2.36 bits per heavy atom. The third-order valence-electron chi connectivity index (χ3n) is 1.88. The lowest BCUT2D eigenvalue weighted by atomic mass is 10.2. The summed E-state index contributed by atoms with van der Waals surface area (Å²) < 4.78 is 5.21. The van der Waals surface area contributed by atoms with E-state index in [1.54, 1.807) is 0 Å². The molecule has 1 saturated heterocycles. The van der Waals surface area contributed by atoms with Gasteiger partial charge in [-0.3, -0.25) is 0 Å². The zero-order chi connectivity index (χ0) is 7.94. The highest BCUT2D eigenvalue weighted by atomic mass is 16.5. The zero-order valence-electron chi connectivity index (χ0n) is 7.23. The summed E-state index contributed by atoms with van der Waals surface area (Å²) >= 11 is 0. The summed E-state index contributed by atoms with van der Waals surface area (Å²) in [6, 6.07) is 0.719. The van der Waals surface area contributed by atoms with Gasteiger partial charge in [-0.2, -0.15) is 0 Å². The highest BCUT2D eigenvalue weighted by Crippen LogP contribution is 1.90. The first-order valence-corrected chi connectivity index (χ1v) is 4.45. The summed E-state index contributed by atoms with van der Waals surface area (Å²) in [6.07, 6.45) is 1.13. The minimum absolute atomic E-state index is 0.719. The van der Waals surface area contributed by atoms with Crippen LogP contribution in [-0.4, -0.2) is 38.9 Å². The molecule has 0 bridgehead atoms. The van der Waals surface area contributed by atoms with Gasteiger partial charge in [-0.05, 0) is 19.9 Å². The summed E-state index contributed by atoms with van der Waals surface area (Å²) in [6.45, 7) is 7.12. The molecule has 0 aliphatic carbocycles. The molecule has 1 fully saturated rings. The normalized spacial score (nSPS) is 18.3. The Morgan fingerprint density at radius 3 is 2.91 bits per heavy atom. The minimum Gasteiger partial charge on any atom is -0.382 e. The van der Waals surface area contributed by atoms with E-state index in [1.165, 1.54) is 0 Å². The molecule has 3 nitrogen and oxygen atoms in total. The number of nitrogens with one attached hydrogen (secondary N) is 2. The van der Waals surface area contributed by atoms with E-state index < -0.39 is 0 Å². The molecule has 0 aromatic rings. The van der Waals surface area contributed by atoms with E-state index in [0.29, 0.717) is 0 Å². The van der Waals surface area contributed by atoms with Gasteiger partial charge in [-0.25, -0.2) is 0 Å². The summed E-state index contributed by atoms with van der Waals surface area (Å²) in [4.78, 5) is 0. The van der Waals surface area contributed by atoms with Gasteiger partial charge < -0.3 is 15.4 Å². The van der Waals surface area contributed by atoms with Crippen molar-refractivity contribution in [3.63, 3.8) is 0 Å². The Kier molecular flexibility index (Phi) is 4.50. The molecule has 0 radical (unpaired) electrons. The van der Waals surface area contributed by atoms with Crippen LogP contribution in [0.3, 0.4) is 0 Å². The topological polar surface area (TPSA) is 33.3 Å². The van der Waals surface area contributed by atoms with Crippen molar-refractivity contribution in [3.05, 3.63) is 0 Å². The Hall–Kier alpha value is -0.120. The van der Waals surface area contributed by atoms with Gasteiger partial charge in [0.1, 0.15) is 0 Å². The van der Waals surface area contributed by atoms with E-state index >= 15 is 0 Å². The van der Waals surface area contributed by atoms with Crippen molar-refractivity contribution < 1.29 is 4.74 Å². The van der Waals surface area contributed by atoms with Crippen LogP contribution >= 0.6 is 0 Å². The van der Waals surface area contributed by atoms with E-state index in [0.717, 1.165) is 45.3 Å². The molecule has 0 aromatic carbocycles. The quantitative estimate of drug-likeness (QED) is 0.533. The summed E-state index contributed by atoms with van der Waals surface area (Å²) in [5.41, 5.74) is 0. The smallest absolute Gasteiger partial charge is 0.0477 e. The van der Waals surface area contributed by atoms with E-state index in [2.05, 4.69) is 10.6 Å². The maximum Gasteiger partial charge on any atom is 0.0477 e. The van der Waals surface area contributed by atoms with Gasteiger partial charge in [-0.15, -0.1) is 0 Å². The molecule has 0 saturated carbocycles. The van der Waals surface area contributed by atoms with Gasteiger partial charge in [0.05, 0.1) is 0 Å². The van der Waals surface area contributed by atoms with E-state index in [4.69, 9.17) is 4.74 Å². The minimum atomic E-state index is 0.719. The highest BCUT2D eigenvalue weighted by molar-refractivity contribution is 4.80. The van der Waals surface area contributed by atoms with Crippen molar-refractivity contribution in [3.8, 4) is 0 Å². The predicted octanol–water partition coefficient (Wildman–Crippen LogP) is -0.0256. The standard InChI is InChI=1S/C8H18N2O/c1-2-11-5-3-4-10-8-6-9-7-8/h8-10H,2-7H2,1H3. The monoisotopic (exact) mass is 158 g/mol. The molecule has 1 aliphatic heterocycles. The van der Waals surface area contributed by atoms with Crippen molar-refractivity contribution >= 4 is 0 Å². The fraction of sp³-hybridized carbons (Fsp3) is 1.00. The lowest BCUT2D eigenvalue weighted by Gasteiger charge is -2.28. The van der Waals surface area contributed by atoms with Crippen LogP contribution in [0.15, 0.2) is 0 Å². The van der Waals surface area contributed by atoms with Gasteiger partial charge in [0.15, 0.2) is 0 Å². The van der Waals surface area contributed by atoms with E-state index in [9.17, 15) is 0 Å². The van der Waals surface area contributed by atoms with E-state index in [1.807, 2.05) is 6.92 Å². The SMILES string of the molecule is CCOCCCNC1CNC1. The Bertz CT molecular complexity index is 94.1. The molecule has 11 heavy (non-hydrogen) atoms. The fourth-order valence-electron chi connectivity index (χ4n) is 1.06. The van der Waals surface area contributed by atoms with Crippen molar-refractivity contribution in [2.75, 3.05) is 32.8 Å². The Morgan fingerprint density at radius 1 is 1.55 bits per heavy atom. The second kappa shape index (κ2) is 5.52. The lowest BCUT2D eigenvalue weighted by Crippen LogP contribution is -2.55. The largest absolute Gasteiger partial charge is 0.382 e. The number of rotatable bonds is 6. The second-order valence-corrected chi connectivity index (χ2v) is 2.86. The molecule has 1 aliphatic rings. The molecular formula is C8H18N2O. The Balaban J connectivity index is 1.73. The van der Waals surface area contributed by atoms with Crippen molar-refractivity contribution in [2.45, 2.75) is 19.4 Å². The molecule has 0 unspecified atom stereocenters. The van der Waals surface area contributed by atoms with Crippen LogP contribution in [0.25, 0.3) is 0 Å². The first-order valence-electron chi connectivity index (χ1n) is 4.45. The van der Waals surface area contributed by atoms with Crippen molar-refractivity contribution in [2.24, 2.45) is 0 Å². The number of ether oxygens (including phenoxy) is 1. The lowest BCUT2D eigenvalue weighted by molar-refractivity contribution is 0.143. The molecule has 0 atom stereocenters. The second-order valence-electron chi connectivity index (χ2n) is 2.86. The molecule has 1 rings (SSSR count). The molecular weight excluding hydrogens is 140 g/mol. The van der Waals surface area contributed by atoms with Gasteiger partial charge in [-0.1, -0.05) is 0 Å².